The van der Waals surface area contributed by atoms with Gasteiger partial charge in [-0.3, -0.25) is 9.69 Å². The highest BCUT2D eigenvalue weighted by Gasteiger charge is 2.30. The number of carbonyl (C=O) groups is 1. The Morgan fingerprint density at radius 3 is 2.26 bits per heavy atom. The molecule has 1 aliphatic heterocycles. The maximum atomic E-state index is 11.2. The summed E-state index contributed by atoms with van der Waals surface area (Å²) in [5, 5.41) is 11.7. The minimum Gasteiger partial charge on any atom is -0.490 e. The predicted octanol–water partition coefficient (Wildman–Crippen LogP) is 6.12. The number of ether oxygens (including phenoxy) is 1. The van der Waals surface area contributed by atoms with Gasteiger partial charge in [0, 0.05) is 11.9 Å². The summed E-state index contributed by atoms with van der Waals surface area (Å²) in [5.41, 5.74) is 1.69. The predicted molar refractivity (Wildman–Crippen MR) is 125 cm³/mol. The fraction of sp³-hybridized carbons (Fsp3) is 0.593. The molecule has 1 aliphatic carbocycles. The van der Waals surface area contributed by atoms with Gasteiger partial charge in [0.25, 0.3) is 0 Å². The first kappa shape index (κ1) is 22.1. The Hall–Kier alpha value is -2.07. The minimum atomic E-state index is -0.650. The smallest absolute Gasteiger partial charge is 0.306 e. The molecule has 2 aromatic carbocycles. The number of nitrogens with zero attached hydrogens (tertiary/aromatic N) is 1. The highest BCUT2D eigenvalue weighted by Crippen LogP contribution is 2.39. The summed E-state index contributed by atoms with van der Waals surface area (Å²) < 4.78 is 6.54. The van der Waals surface area contributed by atoms with E-state index in [1.54, 1.807) is 0 Å². The van der Waals surface area contributed by atoms with Crippen molar-refractivity contribution in [2.75, 3.05) is 13.1 Å². The highest BCUT2D eigenvalue weighted by atomic mass is 16.5. The second-order valence-corrected chi connectivity index (χ2v) is 10.6. The van der Waals surface area contributed by atoms with E-state index in [0.717, 1.165) is 57.0 Å². The number of hydrogen-bond acceptors (Lipinski definition) is 3. The lowest BCUT2D eigenvalue weighted by molar-refractivity contribution is -0.143. The number of aliphatic carboxylic acids is 1. The minimum absolute atomic E-state index is 0.183. The van der Waals surface area contributed by atoms with Gasteiger partial charge in [-0.1, -0.05) is 51.1 Å². The molecule has 1 saturated heterocycles. The van der Waals surface area contributed by atoms with Gasteiger partial charge in [-0.05, 0) is 80.0 Å². The van der Waals surface area contributed by atoms with Gasteiger partial charge in [0.1, 0.15) is 5.75 Å². The zero-order valence-electron chi connectivity index (χ0n) is 19.3. The van der Waals surface area contributed by atoms with Crippen LogP contribution in [-0.4, -0.2) is 35.2 Å². The first-order valence-corrected chi connectivity index (χ1v) is 11.9. The molecule has 2 aliphatic rings. The van der Waals surface area contributed by atoms with Crippen LogP contribution in [0.3, 0.4) is 0 Å². The van der Waals surface area contributed by atoms with E-state index >= 15 is 0 Å². The van der Waals surface area contributed by atoms with Crippen LogP contribution in [0.4, 0.5) is 0 Å². The summed E-state index contributed by atoms with van der Waals surface area (Å²) in [6, 6.07) is 12.9. The maximum Gasteiger partial charge on any atom is 0.306 e. The van der Waals surface area contributed by atoms with Gasteiger partial charge >= 0.3 is 5.97 Å². The maximum absolute atomic E-state index is 11.2. The van der Waals surface area contributed by atoms with E-state index in [-0.39, 0.29) is 5.92 Å². The van der Waals surface area contributed by atoms with E-state index in [2.05, 4.69) is 62.1 Å². The summed E-state index contributed by atoms with van der Waals surface area (Å²) in [6.07, 6.45) is 6.56. The largest absolute Gasteiger partial charge is 0.490 e. The van der Waals surface area contributed by atoms with Crippen molar-refractivity contribution in [2.24, 2.45) is 17.3 Å². The molecule has 4 heteroatoms. The molecule has 0 amide bonds. The molecule has 2 aromatic rings. The molecule has 0 aromatic heterocycles. The fourth-order valence-corrected chi connectivity index (χ4v) is 5.39. The lowest BCUT2D eigenvalue weighted by Crippen LogP contribution is -2.35. The first-order chi connectivity index (χ1) is 14.8. The molecule has 4 rings (SSSR count). The average Bonchev–Trinajstić information content (AvgIpc) is 2.74. The molecule has 1 saturated carbocycles. The molecular weight excluding hydrogens is 386 g/mol. The summed E-state index contributed by atoms with van der Waals surface area (Å²) in [4.78, 5) is 13.6. The normalized spacial score (nSPS) is 23.7. The monoisotopic (exact) mass is 423 g/mol. The molecule has 0 spiro atoms. The van der Waals surface area contributed by atoms with Gasteiger partial charge in [-0.25, -0.2) is 0 Å². The van der Waals surface area contributed by atoms with E-state index in [1.807, 2.05) is 0 Å². The fourth-order valence-electron chi connectivity index (χ4n) is 5.39. The Kier molecular flexibility index (Phi) is 6.57. The van der Waals surface area contributed by atoms with Crippen LogP contribution in [0, 0.1) is 17.3 Å². The van der Waals surface area contributed by atoms with Gasteiger partial charge in [0.05, 0.1) is 12.0 Å². The SMILES string of the molecule is CC(C)(C)C1CCC(Oc2cccc3c(CN4CCC(C(=O)O)CC4)cccc23)CC1. The van der Waals surface area contributed by atoms with E-state index in [1.165, 1.54) is 29.2 Å². The topological polar surface area (TPSA) is 49.8 Å². The van der Waals surface area contributed by atoms with Crippen molar-refractivity contribution < 1.29 is 14.6 Å². The molecule has 0 radical (unpaired) electrons. The van der Waals surface area contributed by atoms with Crippen molar-refractivity contribution in [3.63, 3.8) is 0 Å². The number of fused-ring (bicyclic) bond motifs is 1. The van der Waals surface area contributed by atoms with Crippen LogP contribution in [0.25, 0.3) is 10.8 Å². The van der Waals surface area contributed by atoms with Gasteiger partial charge in [0.2, 0.25) is 0 Å². The van der Waals surface area contributed by atoms with E-state index in [4.69, 9.17) is 4.74 Å². The summed E-state index contributed by atoms with van der Waals surface area (Å²) in [7, 11) is 0. The zero-order chi connectivity index (χ0) is 22.0. The van der Waals surface area contributed by atoms with Gasteiger partial charge in [0.15, 0.2) is 0 Å². The van der Waals surface area contributed by atoms with Crippen molar-refractivity contribution in [3.8, 4) is 5.75 Å². The Bertz CT molecular complexity index is 900. The third-order valence-corrected chi connectivity index (χ3v) is 7.50. The van der Waals surface area contributed by atoms with Gasteiger partial charge in [-0.15, -0.1) is 0 Å². The van der Waals surface area contributed by atoms with Gasteiger partial charge < -0.3 is 9.84 Å². The molecule has 4 nitrogen and oxygen atoms in total. The van der Waals surface area contributed by atoms with Crippen LogP contribution in [0.5, 0.6) is 5.75 Å². The van der Waals surface area contributed by atoms with Crippen LogP contribution in [0.15, 0.2) is 36.4 Å². The summed E-state index contributed by atoms with van der Waals surface area (Å²) in [6.45, 7) is 9.63. The standard InChI is InChI=1S/C27H37NO3/c1-27(2,3)21-10-12-22(13-11-21)31-25-9-5-7-23-20(6-4-8-24(23)25)18-28-16-14-19(15-17-28)26(29)30/h4-9,19,21-22H,10-18H2,1-3H3,(H,29,30). The third kappa shape index (κ3) is 5.23. The first-order valence-electron chi connectivity index (χ1n) is 11.9. The Labute approximate surface area is 186 Å². The third-order valence-electron chi connectivity index (χ3n) is 7.50. The number of carboxylic acids is 1. The van der Waals surface area contributed by atoms with Crippen LogP contribution in [0.1, 0.15) is 64.9 Å². The molecule has 0 unspecified atom stereocenters. The van der Waals surface area contributed by atoms with E-state index < -0.39 is 5.97 Å². The van der Waals surface area contributed by atoms with Crippen LogP contribution in [-0.2, 0) is 11.3 Å². The average molecular weight is 424 g/mol. The number of hydrogen-bond donors (Lipinski definition) is 1. The molecule has 2 fully saturated rings. The number of piperidine rings is 1. The van der Waals surface area contributed by atoms with Crippen LogP contribution in [0.2, 0.25) is 0 Å². The van der Waals surface area contributed by atoms with Crippen molar-refractivity contribution in [3.05, 3.63) is 42.0 Å². The molecule has 1 N–H and O–H groups in total. The second kappa shape index (κ2) is 9.20. The number of carboxylic acid groups (broad SMARTS) is 1. The quantitative estimate of drug-likeness (QED) is 0.629. The molecule has 0 bridgehead atoms. The zero-order valence-corrected chi connectivity index (χ0v) is 19.3. The number of rotatable bonds is 5. The van der Waals surface area contributed by atoms with Crippen molar-refractivity contribution in [1.82, 2.24) is 4.90 Å². The lowest BCUT2D eigenvalue weighted by Gasteiger charge is -2.37. The summed E-state index contributed by atoms with van der Waals surface area (Å²) >= 11 is 0. The van der Waals surface area contributed by atoms with Crippen LogP contribution >= 0.6 is 0 Å². The Balaban J connectivity index is 1.44. The molecular formula is C27H37NO3. The van der Waals surface area contributed by atoms with Crippen molar-refractivity contribution in [1.29, 1.82) is 0 Å². The molecule has 0 atom stereocenters. The van der Waals surface area contributed by atoms with E-state index in [0.29, 0.717) is 11.5 Å². The van der Waals surface area contributed by atoms with Crippen LogP contribution < -0.4 is 4.74 Å². The highest BCUT2D eigenvalue weighted by molar-refractivity contribution is 5.91. The van der Waals surface area contributed by atoms with Gasteiger partial charge in [-0.2, -0.15) is 0 Å². The van der Waals surface area contributed by atoms with E-state index in [9.17, 15) is 9.90 Å². The van der Waals surface area contributed by atoms with Crippen molar-refractivity contribution in [2.45, 2.75) is 71.9 Å². The summed E-state index contributed by atoms with van der Waals surface area (Å²) in [5.74, 6) is 0.958. The van der Waals surface area contributed by atoms with Crippen molar-refractivity contribution >= 4 is 16.7 Å². The molecule has 168 valence electrons. The second-order valence-electron chi connectivity index (χ2n) is 10.6. The lowest BCUT2D eigenvalue weighted by atomic mass is 9.72. The number of likely N-dealkylation sites (tertiary alicyclic amines) is 1. The number of benzene rings is 2. The molecule has 1 heterocycles. The Morgan fingerprint density at radius 1 is 0.968 bits per heavy atom. The Morgan fingerprint density at radius 2 is 1.61 bits per heavy atom. The molecule has 31 heavy (non-hydrogen) atoms.